The maximum Gasteiger partial charge on any atom is 0.320 e. The lowest BCUT2D eigenvalue weighted by molar-refractivity contribution is -0.138. The predicted octanol–water partition coefficient (Wildman–Crippen LogP) is 1.78. The molecular formula is C13H22N2O3. The van der Waals surface area contributed by atoms with E-state index in [1.54, 1.807) is 4.90 Å². The summed E-state index contributed by atoms with van der Waals surface area (Å²) in [6.07, 6.45) is 2.83. The van der Waals surface area contributed by atoms with Gasteiger partial charge >= 0.3 is 12.0 Å². The van der Waals surface area contributed by atoms with Crippen molar-refractivity contribution < 1.29 is 14.7 Å². The second-order valence-electron chi connectivity index (χ2n) is 6.21. The van der Waals surface area contributed by atoms with Crippen LogP contribution in [-0.2, 0) is 4.79 Å². The standard InChI is InChI=1S/C13H22N2O3/c1-13(2)5-7-14(9-13)12(18)15-6-3-4-10(15)8-11(16)17/h10H,3-9H2,1-2H3,(H,16,17). The highest BCUT2D eigenvalue weighted by Crippen LogP contribution is 2.31. The van der Waals surface area contributed by atoms with Crippen molar-refractivity contribution in [2.75, 3.05) is 19.6 Å². The van der Waals surface area contributed by atoms with Gasteiger partial charge in [0.2, 0.25) is 0 Å². The Morgan fingerprint density at radius 1 is 1.33 bits per heavy atom. The first-order chi connectivity index (χ1) is 8.39. The molecule has 2 saturated heterocycles. The Labute approximate surface area is 108 Å². The minimum atomic E-state index is -0.818. The summed E-state index contributed by atoms with van der Waals surface area (Å²) in [7, 11) is 0. The molecule has 1 N–H and O–H groups in total. The van der Waals surface area contributed by atoms with Crippen molar-refractivity contribution in [2.45, 2.75) is 45.6 Å². The summed E-state index contributed by atoms with van der Waals surface area (Å²) in [5.41, 5.74) is 0.192. The molecule has 0 saturated carbocycles. The van der Waals surface area contributed by atoms with E-state index in [1.165, 1.54) is 0 Å². The first kappa shape index (κ1) is 13.2. The third kappa shape index (κ3) is 2.76. The van der Waals surface area contributed by atoms with Gasteiger partial charge in [0.05, 0.1) is 6.42 Å². The number of carbonyl (C=O) groups is 2. The van der Waals surface area contributed by atoms with Gasteiger partial charge in [-0.05, 0) is 24.7 Å². The lowest BCUT2D eigenvalue weighted by atomic mass is 9.93. The molecule has 0 radical (unpaired) electrons. The number of hydrogen-bond donors (Lipinski definition) is 1. The number of hydrogen-bond acceptors (Lipinski definition) is 2. The van der Waals surface area contributed by atoms with Crippen LogP contribution in [0.4, 0.5) is 4.79 Å². The topological polar surface area (TPSA) is 60.9 Å². The van der Waals surface area contributed by atoms with Gasteiger partial charge in [0.25, 0.3) is 0 Å². The number of urea groups is 1. The van der Waals surface area contributed by atoms with Crippen LogP contribution in [0.1, 0.15) is 39.5 Å². The van der Waals surface area contributed by atoms with E-state index < -0.39 is 5.97 Å². The van der Waals surface area contributed by atoms with Crippen LogP contribution in [0.2, 0.25) is 0 Å². The summed E-state index contributed by atoms with van der Waals surface area (Å²) in [6.45, 7) is 6.61. The van der Waals surface area contributed by atoms with Gasteiger partial charge in [0.1, 0.15) is 0 Å². The van der Waals surface area contributed by atoms with Crippen LogP contribution in [0, 0.1) is 5.41 Å². The van der Waals surface area contributed by atoms with Gasteiger partial charge < -0.3 is 14.9 Å². The minimum Gasteiger partial charge on any atom is -0.481 e. The highest BCUT2D eigenvalue weighted by atomic mass is 16.4. The molecule has 2 aliphatic heterocycles. The first-order valence-corrected chi connectivity index (χ1v) is 6.66. The molecule has 0 spiro atoms. The van der Waals surface area contributed by atoms with Crippen LogP contribution in [-0.4, -0.2) is 52.6 Å². The average Bonchev–Trinajstić information content (AvgIpc) is 2.83. The molecule has 0 aromatic heterocycles. The maximum atomic E-state index is 12.4. The molecule has 0 aliphatic carbocycles. The molecular weight excluding hydrogens is 232 g/mol. The highest BCUT2D eigenvalue weighted by molar-refractivity contribution is 5.77. The van der Waals surface area contributed by atoms with Crippen LogP contribution >= 0.6 is 0 Å². The largest absolute Gasteiger partial charge is 0.481 e. The third-order valence-electron chi connectivity index (χ3n) is 3.98. The fourth-order valence-corrected chi connectivity index (χ4v) is 2.96. The van der Waals surface area contributed by atoms with Crippen LogP contribution < -0.4 is 0 Å². The van der Waals surface area contributed by atoms with Crippen molar-refractivity contribution in [3.8, 4) is 0 Å². The Hall–Kier alpha value is -1.26. The van der Waals surface area contributed by atoms with Crippen molar-refractivity contribution in [1.82, 2.24) is 9.80 Å². The number of rotatable bonds is 2. The van der Waals surface area contributed by atoms with E-state index in [0.29, 0.717) is 6.54 Å². The number of carboxylic acids is 1. The van der Waals surface area contributed by atoms with Crippen molar-refractivity contribution in [2.24, 2.45) is 5.41 Å². The van der Waals surface area contributed by atoms with E-state index in [2.05, 4.69) is 13.8 Å². The highest BCUT2D eigenvalue weighted by Gasteiger charge is 2.38. The van der Waals surface area contributed by atoms with Gasteiger partial charge in [-0.3, -0.25) is 4.79 Å². The number of nitrogens with zero attached hydrogens (tertiary/aromatic N) is 2. The lowest BCUT2D eigenvalue weighted by Crippen LogP contribution is -2.45. The smallest absolute Gasteiger partial charge is 0.320 e. The van der Waals surface area contributed by atoms with E-state index in [4.69, 9.17) is 5.11 Å². The van der Waals surface area contributed by atoms with Crippen molar-refractivity contribution in [3.63, 3.8) is 0 Å². The summed E-state index contributed by atoms with van der Waals surface area (Å²) in [5.74, 6) is -0.818. The summed E-state index contributed by atoms with van der Waals surface area (Å²) in [4.78, 5) is 26.8. The number of carboxylic acid groups (broad SMARTS) is 1. The molecule has 2 aliphatic rings. The van der Waals surface area contributed by atoms with E-state index in [-0.39, 0.29) is 23.9 Å². The first-order valence-electron chi connectivity index (χ1n) is 6.66. The van der Waals surface area contributed by atoms with Crippen LogP contribution in [0.3, 0.4) is 0 Å². The van der Waals surface area contributed by atoms with Gasteiger partial charge in [-0.15, -0.1) is 0 Å². The zero-order chi connectivity index (χ0) is 13.3. The van der Waals surface area contributed by atoms with Crippen molar-refractivity contribution in [3.05, 3.63) is 0 Å². The molecule has 2 fully saturated rings. The Balaban J connectivity index is 1.98. The van der Waals surface area contributed by atoms with E-state index in [9.17, 15) is 9.59 Å². The second kappa shape index (κ2) is 4.78. The molecule has 0 aromatic rings. The van der Waals surface area contributed by atoms with Gasteiger partial charge in [-0.1, -0.05) is 13.8 Å². The normalized spacial score (nSPS) is 26.7. The monoisotopic (exact) mass is 254 g/mol. The Morgan fingerprint density at radius 2 is 2.06 bits per heavy atom. The van der Waals surface area contributed by atoms with E-state index in [1.807, 2.05) is 4.90 Å². The molecule has 2 rings (SSSR count). The molecule has 0 aromatic carbocycles. The minimum absolute atomic E-state index is 0.0318. The number of aliphatic carboxylic acids is 1. The molecule has 1 atom stereocenters. The second-order valence-corrected chi connectivity index (χ2v) is 6.21. The fraction of sp³-hybridized carbons (Fsp3) is 0.846. The number of likely N-dealkylation sites (tertiary alicyclic amines) is 2. The number of amides is 2. The molecule has 5 nitrogen and oxygen atoms in total. The quantitative estimate of drug-likeness (QED) is 0.817. The molecule has 2 amide bonds. The average molecular weight is 254 g/mol. The summed E-state index contributed by atoms with van der Waals surface area (Å²) >= 11 is 0. The van der Waals surface area contributed by atoms with Crippen LogP contribution in [0.25, 0.3) is 0 Å². The van der Waals surface area contributed by atoms with Gasteiger partial charge in [-0.2, -0.15) is 0 Å². The molecule has 2 heterocycles. The zero-order valence-corrected chi connectivity index (χ0v) is 11.2. The molecule has 1 unspecified atom stereocenters. The molecule has 0 bridgehead atoms. The van der Waals surface area contributed by atoms with Gasteiger partial charge in [-0.25, -0.2) is 4.79 Å². The summed E-state index contributed by atoms with van der Waals surface area (Å²) < 4.78 is 0. The SMILES string of the molecule is CC1(C)CCN(C(=O)N2CCCC2CC(=O)O)C1. The summed E-state index contributed by atoms with van der Waals surface area (Å²) in [6, 6.07) is -0.0805. The van der Waals surface area contributed by atoms with Crippen LogP contribution in [0.15, 0.2) is 0 Å². The Morgan fingerprint density at radius 3 is 2.61 bits per heavy atom. The fourth-order valence-electron chi connectivity index (χ4n) is 2.96. The molecule has 102 valence electrons. The third-order valence-corrected chi connectivity index (χ3v) is 3.98. The summed E-state index contributed by atoms with van der Waals surface area (Å²) in [5, 5.41) is 8.87. The Kier molecular flexibility index (Phi) is 3.50. The van der Waals surface area contributed by atoms with Crippen LogP contribution in [0.5, 0.6) is 0 Å². The zero-order valence-electron chi connectivity index (χ0n) is 11.2. The van der Waals surface area contributed by atoms with E-state index in [0.717, 1.165) is 32.4 Å². The molecule has 18 heavy (non-hydrogen) atoms. The van der Waals surface area contributed by atoms with E-state index >= 15 is 0 Å². The van der Waals surface area contributed by atoms with Crippen molar-refractivity contribution >= 4 is 12.0 Å². The van der Waals surface area contributed by atoms with Gasteiger partial charge in [0, 0.05) is 25.7 Å². The number of carbonyl (C=O) groups excluding carboxylic acids is 1. The van der Waals surface area contributed by atoms with Gasteiger partial charge in [0.15, 0.2) is 0 Å². The predicted molar refractivity (Wildman–Crippen MR) is 67.3 cm³/mol. The maximum absolute atomic E-state index is 12.4. The molecule has 5 heteroatoms. The lowest BCUT2D eigenvalue weighted by Gasteiger charge is -2.29. The van der Waals surface area contributed by atoms with Crippen molar-refractivity contribution in [1.29, 1.82) is 0 Å². The Bertz CT molecular complexity index is 354.